The Morgan fingerprint density at radius 1 is 0.412 bits per heavy atom. The molecule has 164 valence electrons. The minimum atomic E-state index is 0.0803. The monoisotopic (exact) mass is 436 g/mol. The van der Waals surface area contributed by atoms with Gasteiger partial charge in [-0.2, -0.15) is 0 Å². The molecule has 34 heavy (non-hydrogen) atoms. The van der Waals surface area contributed by atoms with Gasteiger partial charge in [-0.1, -0.05) is 124 Å². The van der Waals surface area contributed by atoms with Gasteiger partial charge < -0.3 is 0 Å². The lowest BCUT2D eigenvalue weighted by molar-refractivity contribution is 0.591. The molecule has 0 unspecified atom stereocenters. The molecule has 6 rings (SSSR count). The van der Waals surface area contributed by atoms with E-state index in [1.807, 2.05) is 0 Å². The molecule has 0 fully saturated rings. The molecular formula is C34H28. The Balaban J connectivity index is 1.80. The number of hydrogen-bond donors (Lipinski definition) is 0. The molecule has 0 aliphatic carbocycles. The van der Waals surface area contributed by atoms with Gasteiger partial charge in [0.2, 0.25) is 0 Å². The van der Waals surface area contributed by atoms with Crippen molar-refractivity contribution < 1.29 is 0 Å². The summed E-state index contributed by atoms with van der Waals surface area (Å²) in [6.45, 7) is 6.88. The van der Waals surface area contributed by atoms with Gasteiger partial charge in [0.15, 0.2) is 0 Å². The summed E-state index contributed by atoms with van der Waals surface area (Å²) in [5, 5.41) is 7.77. The quantitative estimate of drug-likeness (QED) is 0.237. The summed E-state index contributed by atoms with van der Waals surface area (Å²) in [5.74, 6) is 0. The highest BCUT2D eigenvalue weighted by Crippen LogP contribution is 2.45. The standard InChI is InChI=1S/C34H28/c1-34(2,3)27-19-20-30-31(22-27)32(24-12-5-4-6-13-24)28-15-9-10-16-29(28)33(30)26-18-17-23-11-7-8-14-25(23)21-26/h4-22H,1-3H3. The molecule has 0 heteroatoms. The van der Waals surface area contributed by atoms with E-state index in [9.17, 15) is 0 Å². The Kier molecular flexibility index (Phi) is 4.78. The number of benzene rings is 6. The van der Waals surface area contributed by atoms with Crippen LogP contribution in [0.2, 0.25) is 0 Å². The summed E-state index contributed by atoms with van der Waals surface area (Å²) in [6, 6.07) is 42.3. The van der Waals surface area contributed by atoms with Crippen LogP contribution in [0.1, 0.15) is 26.3 Å². The van der Waals surface area contributed by atoms with Crippen molar-refractivity contribution in [1.29, 1.82) is 0 Å². The van der Waals surface area contributed by atoms with E-state index in [1.165, 1.54) is 60.1 Å². The van der Waals surface area contributed by atoms with E-state index in [0.29, 0.717) is 0 Å². The lowest BCUT2D eigenvalue weighted by Crippen LogP contribution is -2.10. The molecule has 0 spiro atoms. The van der Waals surface area contributed by atoms with Crippen LogP contribution < -0.4 is 0 Å². The molecule has 0 bridgehead atoms. The first-order valence-electron chi connectivity index (χ1n) is 12.0. The zero-order valence-corrected chi connectivity index (χ0v) is 20.0. The van der Waals surface area contributed by atoms with E-state index in [0.717, 1.165) is 0 Å². The molecule has 0 aromatic heterocycles. The van der Waals surface area contributed by atoms with E-state index < -0.39 is 0 Å². The molecule has 0 saturated carbocycles. The van der Waals surface area contributed by atoms with Crippen molar-refractivity contribution in [3.63, 3.8) is 0 Å². The molecular weight excluding hydrogens is 408 g/mol. The fourth-order valence-corrected chi connectivity index (χ4v) is 5.22. The van der Waals surface area contributed by atoms with E-state index in [-0.39, 0.29) is 5.41 Å². The Labute approximate surface area is 201 Å². The summed E-state index contributed by atoms with van der Waals surface area (Å²) in [5.41, 5.74) is 6.61. The zero-order valence-electron chi connectivity index (χ0n) is 20.0. The minimum absolute atomic E-state index is 0.0803. The van der Waals surface area contributed by atoms with Crippen LogP contribution in [0, 0.1) is 0 Å². The van der Waals surface area contributed by atoms with Gasteiger partial charge in [0.05, 0.1) is 0 Å². The third-order valence-corrected chi connectivity index (χ3v) is 6.99. The van der Waals surface area contributed by atoms with Crippen molar-refractivity contribution >= 4 is 32.3 Å². The normalized spacial score (nSPS) is 12.0. The largest absolute Gasteiger partial charge is 0.0622 e. The van der Waals surface area contributed by atoms with Gasteiger partial charge in [0, 0.05) is 0 Å². The van der Waals surface area contributed by atoms with Gasteiger partial charge in [-0.05, 0) is 77.7 Å². The van der Waals surface area contributed by atoms with Gasteiger partial charge in [-0.25, -0.2) is 0 Å². The fourth-order valence-electron chi connectivity index (χ4n) is 5.22. The van der Waals surface area contributed by atoms with Gasteiger partial charge >= 0.3 is 0 Å². The highest BCUT2D eigenvalue weighted by molar-refractivity contribution is 6.21. The maximum Gasteiger partial charge on any atom is -0.00261 e. The molecule has 0 aliphatic heterocycles. The molecule has 0 heterocycles. The smallest absolute Gasteiger partial charge is 0.00261 e. The van der Waals surface area contributed by atoms with E-state index in [2.05, 4.69) is 136 Å². The van der Waals surface area contributed by atoms with Crippen LogP contribution in [0.4, 0.5) is 0 Å². The lowest BCUT2D eigenvalue weighted by atomic mass is 9.81. The third-order valence-electron chi connectivity index (χ3n) is 6.99. The average Bonchev–Trinajstić information content (AvgIpc) is 2.86. The molecule has 6 aromatic rings. The maximum absolute atomic E-state index is 2.43. The molecule has 0 radical (unpaired) electrons. The number of fused-ring (bicyclic) bond motifs is 3. The zero-order chi connectivity index (χ0) is 23.3. The van der Waals surface area contributed by atoms with Crippen molar-refractivity contribution in [2.24, 2.45) is 0 Å². The molecule has 0 aliphatic rings. The average molecular weight is 437 g/mol. The summed E-state index contributed by atoms with van der Waals surface area (Å²) in [4.78, 5) is 0. The maximum atomic E-state index is 2.43. The Morgan fingerprint density at radius 3 is 1.71 bits per heavy atom. The number of hydrogen-bond acceptors (Lipinski definition) is 0. The lowest BCUT2D eigenvalue weighted by Gasteiger charge is -2.23. The summed E-state index contributed by atoms with van der Waals surface area (Å²) in [6.07, 6.45) is 0. The molecule has 0 atom stereocenters. The number of rotatable bonds is 2. The van der Waals surface area contributed by atoms with Crippen LogP contribution in [-0.4, -0.2) is 0 Å². The van der Waals surface area contributed by atoms with Gasteiger partial charge in [0.25, 0.3) is 0 Å². The molecule has 0 nitrogen and oxygen atoms in total. The van der Waals surface area contributed by atoms with Crippen molar-refractivity contribution in [3.05, 3.63) is 121 Å². The Bertz CT molecular complexity index is 1660. The van der Waals surface area contributed by atoms with Crippen molar-refractivity contribution in [2.45, 2.75) is 26.2 Å². The Morgan fingerprint density at radius 2 is 1.00 bits per heavy atom. The van der Waals surface area contributed by atoms with Crippen LogP contribution >= 0.6 is 0 Å². The summed E-state index contributed by atoms with van der Waals surface area (Å²) in [7, 11) is 0. The van der Waals surface area contributed by atoms with Crippen LogP contribution in [0.5, 0.6) is 0 Å². The topological polar surface area (TPSA) is 0 Å². The summed E-state index contributed by atoms with van der Waals surface area (Å²) >= 11 is 0. The van der Waals surface area contributed by atoms with E-state index >= 15 is 0 Å². The first-order valence-corrected chi connectivity index (χ1v) is 12.0. The predicted octanol–water partition coefficient (Wildman–Crippen LogP) is 9.78. The second-order valence-corrected chi connectivity index (χ2v) is 10.2. The predicted molar refractivity (Wildman–Crippen MR) is 149 cm³/mol. The summed E-state index contributed by atoms with van der Waals surface area (Å²) < 4.78 is 0. The van der Waals surface area contributed by atoms with Crippen molar-refractivity contribution in [3.8, 4) is 22.3 Å². The van der Waals surface area contributed by atoms with Crippen LogP contribution in [0.3, 0.4) is 0 Å². The molecule has 6 aromatic carbocycles. The first kappa shape index (κ1) is 20.7. The van der Waals surface area contributed by atoms with Gasteiger partial charge in [-0.15, -0.1) is 0 Å². The van der Waals surface area contributed by atoms with Crippen LogP contribution in [0.15, 0.2) is 115 Å². The highest BCUT2D eigenvalue weighted by Gasteiger charge is 2.20. The van der Waals surface area contributed by atoms with Gasteiger partial charge in [0.1, 0.15) is 0 Å². The molecule has 0 N–H and O–H groups in total. The van der Waals surface area contributed by atoms with E-state index in [4.69, 9.17) is 0 Å². The third kappa shape index (κ3) is 3.38. The first-order chi connectivity index (χ1) is 16.5. The molecule has 0 amide bonds. The highest BCUT2D eigenvalue weighted by atomic mass is 14.2. The molecule has 0 saturated heterocycles. The SMILES string of the molecule is CC(C)(C)c1ccc2c(-c3ccc4ccccc4c3)c3ccccc3c(-c3ccccc3)c2c1. The Hall–Kier alpha value is -3.90. The van der Waals surface area contributed by atoms with Crippen molar-refractivity contribution in [2.75, 3.05) is 0 Å². The fraction of sp³-hybridized carbons (Fsp3) is 0.118. The van der Waals surface area contributed by atoms with E-state index in [1.54, 1.807) is 0 Å². The minimum Gasteiger partial charge on any atom is -0.0622 e. The second kappa shape index (κ2) is 7.85. The van der Waals surface area contributed by atoms with Crippen molar-refractivity contribution in [1.82, 2.24) is 0 Å². The van der Waals surface area contributed by atoms with Crippen LogP contribution in [0.25, 0.3) is 54.6 Å². The van der Waals surface area contributed by atoms with Crippen LogP contribution in [-0.2, 0) is 5.41 Å². The second-order valence-electron chi connectivity index (χ2n) is 10.2. The van der Waals surface area contributed by atoms with Gasteiger partial charge in [-0.3, -0.25) is 0 Å².